The first-order valence-corrected chi connectivity index (χ1v) is 9.32. The van der Waals surface area contributed by atoms with Gasteiger partial charge in [0, 0.05) is 12.3 Å². The lowest BCUT2D eigenvalue weighted by atomic mass is 9.98. The second-order valence-electron chi connectivity index (χ2n) is 6.46. The molecule has 1 aliphatic heterocycles. The summed E-state index contributed by atoms with van der Waals surface area (Å²) in [6.45, 7) is 3.72. The maximum Gasteiger partial charge on any atom is 0.326 e. The molecule has 1 rings (SSSR count). The molecular formula is C16H28N4O5S. The van der Waals surface area contributed by atoms with Crippen molar-refractivity contribution in [3.63, 3.8) is 0 Å². The van der Waals surface area contributed by atoms with E-state index in [1.807, 2.05) is 6.92 Å². The second kappa shape index (κ2) is 10.4. The monoisotopic (exact) mass is 388 g/mol. The Morgan fingerprint density at radius 1 is 1.31 bits per heavy atom. The molecule has 0 aliphatic carbocycles. The van der Waals surface area contributed by atoms with Crippen molar-refractivity contribution in [1.82, 2.24) is 15.5 Å². The minimum absolute atomic E-state index is 0.144. The van der Waals surface area contributed by atoms with Crippen LogP contribution in [0.15, 0.2) is 0 Å². The quantitative estimate of drug-likeness (QED) is 0.320. The van der Waals surface area contributed by atoms with Gasteiger partial charge in [-0.3, -0.25) is 14.4 Å². The first kappa shape index (κ1) is 22.2. The summed E-state index contributed by atoms with van der Waals surface area (Å²) in [5, 5.41) is 14.2. The molecule has 26 heavy (non-hydrogen) atoms. The zero-order valence-corrected chi connectivity index (χ0v) is 16.0. The number of nitrogens with two attached hydrogens (primary N) is 1. The van der Waals surface area contributed by atoms with E-state index in [2.05, 4.69) is 23.3 Å². The average Bonchev–Trinajstić information content (AvgIpc) is 3.12. The van der Waals surface area contributed by atoms with Crippen LogP contribution in [0.25, 0.3) is 0 Å². The molecule has 0 radical (unpaired) electrons. The van der Waals surface area contributed by atoms with Crippen LogP contribution in [0.1, 0.15) is 33.1 Å². The van der Waals surface area contributed by atoms with Gasteiger partial charge in [-0.1, -0.05) is 20.3 Å². The number of nitrogens with one attached hydrogen (secondary N) is 2. The lowest BCUT2D eigenvalue weighted by Crippen LogP contribution is -2.56. The molecule has 5 N–H and O–H groups in total. The smallest absolute Gasteiger partial charge is 0.326 e. The van der Waals surface area contributed by atoms with E-state index in [4.69, 9.17) is 10.8 Å². The van der Waals surface area contributed by atoms with Crippen molar-refractivity contribution in [3.05, 3.63) is 0 Å². The standard InChI is InChI=1S/C16H28N4O5S/c1-3-9(2)13(19-14(22)10(17)8-26)15(23)18-7-12(21)20-6-4-5-11(20)16(24)25/h9-11,13,26H,3-8,17H2,1-2H3,(H,18,23)(H,19,22)(H,24,25). The molecule has 1 saturated heterocycles. The molecule has 9 nitrogen and oxygen atoms in total. The number of aliphatic carboxylic acids is 1. The highest BCUT2D eigenvalue weighted by molar-refractivity contribution is 7.80. The Balaban J connectivity index is 2.67. The molecule has 0 bridgehead atoms. The number of carbonyl (C=O) groups is 4. The molecule has 0 saturated carbocycles. The van der Waals surface area contributed by atoms with E-state index >= 15 is 0 Å². The normalized spacial score (nSPS) is 20.2. The number of nitrogens with zero attached hydrogens (tertiary/aromatic N) is 1. The predicted octanol–water partition coefficient (Wildman–Crippen LogP) is -1.03. The third kappa shape index (κ3) is 5.87. The average molecular weight is 388 g/mol. The molecule has 10 heteroatoms. The van der Waals surface area contributed by atoms with Gasteiger partial charge in [0.1, 0.15) is 12.1 Å². The van der Waals surface area contributed by atoms with Crippen molar-refractivity contribution in [2.24, 2.45) is 11.7 Å². The maximum absolute atomic E-state index is 12.5. The highest BCUT2D eigenvalue weighted by atomic mass is 32.1. The number of carboxylic acids is 1. The Hall–Kier alpha value is -1.81. The molecule has 4 atom stereocenters. The van der Waals surface area contributed by atoms with E-state index in [1.165, 1.54) is 4.90 Å². The van der Waals surface area contributed by atoms with E-state index in [0.717, 1.165) is 0 Å². The summed E-state index contributed by atoms with van der Waals surface area (Å²) in [5.41, 5.74) is 5.62. The minimum atomic E-state index is -1.05. The van der Waals surface area contributed by atoms with Crippen LogP contribution in [-0.2, 0) is 19.2 Å². The fraction of sp³-hybridized carbons (Fsp3) is 0.750. The molecule has 1 heterocycles. The Kier molecular flexibility index (Phi) is 8.86. The zero-order valence-electron chi connectivity index (χ0n) is 15.1. The van der Waals surface area contributed by atoms with Crippen LogP contribution in [0.3, 0.4) is 0 Å². The van der Waals surface area contributed by atoms with Gasteiger partial charge in [-0.05, 0) is 18.8 Å². The van der Waals surface area contributed by atoms with Crippen molar-refractivity contribution < 1.29 is 24.3 Å². The highest BCUT2D eigenvalue weighted by Crippen LogP contribution is 2.17. The van der Waals surface area contributed by atoms with Crippen molar-refractivity contribution in [3.8, 4) is 0 Å². The molecule has 1 fully saturated rings. The Morgan fingerprint density at radius 3 is 2.50 bits per heavy atom. The number of carbonyl (C=O) groups excluding carboxylic acids is 3. The van der Waals surface area contributed by atoms with E-state index in [9.17, 15) is 19.2 Å². The summed E-state index contributed by atoms with van der Waals surface area (Å²) in [4.78, 5) is 49.1. The van der Waals surface area contributed by atoms with Gasteiger partial charge >= 0.3 is 5.97 Å². The lowest BCUT2D eigenvalue weighted by Gasteiger charge is -2.26. The predicted molar refractivity (Wildman–Crippen MR) is 98.6 cm³/mol. The van der Waals surface area contributed by atoms with Crippen LogP contribution in [0.2, 0.25) is 0 Å². The summed E-state index contributed by atoms with van der Waals surface area (Å²) in [6.07, 6.45) is 1.65. The molecule has 148 valence electrons. The highest BCUT2D eigenvalue weighted by Gasteiger charge is 2.34. The second-order valence-corrected chi connectivity index (χ2v) is 6.83. The third-order valence-corrected chi connectivity index (χ3v) is 4.99. The summed E-state index contributed by atoms with van der Waals surface area (Å²) in [5.74, 6) is -2.52. The number of carboxylic acid groups (broad SMARTS) is 1. The van der Waals surface area contributed by atoms with Crippen LogP contribution in [-0.4, -0.2) is 70.7 Å². The third-order valence-electron chi connectivity index (χ3n) is 4.60. The van der Waals surface area contributed by atoms with Gasteiger partial charge in [0.15, 0.2) is 0 Å². The summed E-state index contributed by atoms with van der Waals surface area (Å²) in [6, 6.07) is -2.52. The lowest BCUT2D eigenvalue weighted by molar-refractivity contribution is -0.148. The maximum atomic E-state index is 12.5. The first-order chi connectivity index (χ1) is 12.2. The molecule has 0 spiro atoms. The largest absolute Gasteiger partial charge is 0.480 e. The van der Waals surface area contributed by atoms with E-state index < -0.39 is 41.8 Å². The zero-order chi connectivity index (χ0) is 19.9. The van der Waals surface area contributed by atoms with E-state index in [1.54, 1.807) is 6.92 Å². The van der Waals surface area contributed by atoms with Crippen LogP contribution in [0.5, 0.6) is 0 Å². The van der Waals surface area contributed by atoms with Crippen molar-refractivity contribution in [2.75, 3.05) is 18.8 Å². The van der Waals surface area contributed by atoms with Crippen LogP contribution < -0.4 is 16.4 Å². The Bertz CT molecular complexity index is 545. The van der Waals surface area contributed by atoms with E-state index in [0.29, 0.717) is 25.8 Å². The number of amides is 3. The fourth-order valence-corrected chi connectivity index (χ4v) is 2.91. The molecule has 0 aromatic carbocycles. The van der Waals surface area contributed by atoms with Crippen LogP contribution in [0.4, 0.5) is 0 Å². The summed E-state index contributed by atoms with van der Waals surface area (Å²) >= 11 is 3.96. The van der Waals surface area contributed by atoms with Gasteiger partial charge in [-0.25, -0.2) is 4.79 Å². The fourth-order valence-electron chi connectivity index (χ4n) is 2.74. The van der Waals surface area contributed by atoms with Gasteiger partial charge < -0.3 is 26.4 Å². The van der Waals surface area contributed by atoms with Crippen molar-refractivity contribution >= 4 is 36.3 Å². The molecule has 0 aromatic rings. The van der Waals surface area contributed by atoms with Crippen molar-refractivity contribution in [1.29, 1.82) is 0 Å². The topological polar surface area (TPSA) is 142 Å². The number of hydrogen-bond acceptors (Lipinski definition) is 6. The molecule has 3 amide bonds. The molecule has 1 aliphatic rings. The van der Waals surface area contributed by atoms with Gasteiger partial charge in [0.2, 0.25) is 17.7 Å². The van der Waals surface area contributed by atoms with Crippen molar-refractivity contribution in [2.45, 2.75) is 51.2 Å². The number of rotatable bonds is 9. The Labute approximate surface area is 158 Å². The van der Waals surface area contributed by atoms with E-state index in [-0.39, 0.29) is 18.2 Å². The summed E-state index contributed by atoms with van der Waals surface area (Å²) < 4.78 is 0. The first-order valence-electron chi connectivity index (χ1n) is 8.69. The number of thiol groups is 1. The summed E-state index contributed by atoms with van der Waals surface area (Å²) in [7, 11) is 0. The molecular weight excluding hydrogens is 360 g/mol. The van der Waals surface area contributed by atoms with Gasteiger partial charge in [-0.15, -0.1) is 0 Å². The van der Waals surface area contributed by atoms with Crippen LogP contribution >= 0.6 is 12.6 Å². The Morgan fingerprint density at radius 2 is 1.96 bits per heavy atom. The number of likely N-dealkylation sites (tertiary alicyclic amines) is 1. The SMILES string of the molecule is CCC(C)C(NC(=O)C(N)CS)C(=O)NCC(=O)N1CCCC1C(=O)O. The molecule has 4 unspecified atom stereocenters. The van der Waals surface area contributed by atoms with Gasteiger partial charge in [0.05, 0.1) is 12.6 Å². The number of hydrogen-bond donors (Lipinski definition) is 5. The van der Waals surface area contributed by atoms with Crippen LogP contribution in [0, 0.1) is 5.92 Å². The van der Waals surface area contributed by atoms with Gasteiger partial charge in [0.25, 0.3) is 0 Å². The molecule has 0 aromatic heterocycles. The minimum Gasteiger partial charge on any atom is -0.480 e. The van der Waals surface area contributed by atoms with Gasteiger partial charge in [-0.2, -0.15) is 12.6 Å².